The number of aromatic nitrogens is 1. The molecule has 110 valence electrons. The maximum Gasteiger partial charge on any atom is 0.311 e. The molecule has 1 aliphatic rings. The molecule has 2 heterocycles. The molecule has 0 bridgehead atoms. The Morgan fingerprint density at radius 1 is 1.50 bits per heavy atom. The Kier molecular flexibility index (Phi) is 4.45. The summed E-state index contributed by atoms with van der Waals surface area (Å²) in [7, 11) is 1.70. The van der Waals surface area contributed by atoms with Crippen molar-refractivity contribution >= 4 is 23.1 Å². The Morgan fingerprint density at radius 2 is 2.15 bits per heavy atom. The maximum absolute atomic E-state index is 11.1. The first-order chi connectivity index (χ1) is 9.45. The van der Waals surface area contributed by atoms with Crippen LogP contribution in [0.15, 0.2) is 12.1 Å². The number of hydrogen-bond acceptors (Lipinski definition) is 5. The molecule has 0 saturated carbocycles. The largest absolute Gasteiger partial charge is 0.384 e. The van der Waals surface area contributed by atoms with Gasteiger partial charge in [-0.15, -0.1) is 0 Å². The summed E-state index contributed by atoms with van der Waals surface area (Å²) in [5.41, 5.74) is 0.128. The molecule has 0 atom stereocenters. The fraction of sp³-hybridized carbons (Fsp3) is 0.615. The minimum Gasteiger partial charge on any atom is -0.384 e. The van der Waals surface area contributed by atoms with Crippen molar-refractivity contribution in [1.82, 2.24) is 4.98 Å². The van der Waals surface area contributed by atoms with E-state index in [-0.39, 0.29) is 16.3 Å². The topological polar surface area (TPSA) is 68.5 Å². The number of piperidine rings is 1. The monoisotopic (exact) mass is 299 g/mol. The van der Waals surface area contributed by atoms with Crippen LogP contribution in [-0.2, 0) is 4.74 Å². The van der Waals surface area contributed by atoms with Crippen molar-refractivity contribution in [3.63, 3.8) is 0 Å². The quantitative estimate of drug-likeness (QED) is 0.486. The van der Waals surface area contributed by atoms with Gasteiger partial charge in [-0.1, -0.05) is 18.5 Å². The smallest absolute Gasteiger partial charge is 0.311 e. The molecular weight excluding hydrogens is 282 g/mol. The molecule has 0 spiro atoms. The van der Waals surface area contributed by atoms with Crippen LogP contribution in [0.3, 0.4) is 0 Å². The van der Waals surface area contributed by atoms with Gasteiger partial charge in [0.1, 0.15) is 5.15 Å². The van der Waals surface area contributed by atoms with Crippen molar-refractivity contribution in [2.24, 2.45) is 5.41 Å². The van der Waals surface area contributed by atoms with Crippen molar-refractivity contribution in [1.29, 1.82) is 0 Å². The molecule has 1 fully saturated rings. The lowest BCUT2D eigenvalue weighted by Crippen LogP contribution is -2.41. The summed E-state index contributed by atoms with van der Waals surface area (Å²) < 4.78 is 5.24. The van der Waals surface area contributed by atoms with Gasteiger partial charge >= 0.3 is 5.69 Å². The highest BCUT2D eigenvalue weighted by Crippen LogP contribution is 2.35. The highest BCUT2D eigenvalue weighted by atomic mass is 35.5. The van der Waals surface area contributed by atoms with E-state index in [0.717, 1.165) is 12.8 Å². The van der Waals surface area contributed by atoms with Gasteiger partial charge in [-0.3, -0.25) is 10.1 Å². The Bertz CT molecular complexity index is 502. The average molecular weight is 300 g/mol. The van der Waals surface area contributed by atoms with Crippen LogP contribution in [0.4, 0.5) is 11.5 Å². The van der Waals surface area contributed by atoms with E-state index in [1.165, 1.54) is 12.1 Å². The van der Waals surface area contributed by atoms with Gasteiger partial charge in [0.05, 0.1) is 11.5 Å². The average Bonchev–Trinajstić information content (AvgIpc) is 2.39. The van der Waals surface area contributed by atoms with E-state index in [2.05, 4.69) is 11.9 Å². The van der Waals surface area contributed by atoms with Crippen molar-refractivity contribution < 1.29 is 9.66 Å². The standard InChI is InChI=1S/C13H18ClN3O3/c1-13(9-20-2)5-7-16(8-6-13)12-10(17(18)19)3-4-11(14)15-12/h3-4H,5-9H2,1-2H3. The summed E-state index contributed by atoms with van der Waals surface area (Å²) in [6, 6.07) is 2.86. The Morgan fingerprint density at radius 3 is 2.70 bits per heavy atom. The molecular formula is C13H18ClN3O3. The number of ether oxygens (including phenoxy) is 1. The zero-order chi connectivity index (χ0) is 14.8. The van der Waals surface area contributed by atoms with E-state index in [0.29, 0.717) is 25.5 Å². The van der Waals surface area contributed by atoms with Gasteiger partial charge in [0, 0.05) is 26.3 Å². The van der Waals surface area contributed by atoms with Gasteiger partial charge in [-0.05, 0) is 24.3 Å². The van der Waals surface area contributed by atoms with Crippen molar-refractivity contribution in [3.05, 3.63) is 27.4 Å². The lowest BCUT2D eigenvalue weighted by atomic mass is 9.81. The lowest BCUT2D eigenvalue weighted by molar-refractivity contribution is -0.384. The highest BCUT2D eigenvalue weighted by molar-refractivity contribution is 6.29. The fourth-order valence-corrected chi connectivity index (χ4v) is 2.69. The van der Waals surface area contributed by atoms with Gasteiger partial charge in [0.2, 0.25) is 5.82 Å². The van der Waals surface area contributed by atoms with Crippen LogP contribution >= 0.6 is 11.6 Å². The first-order valence-corrected chi connectivity index (χ1v) is 6.88. The van der Waals surface area contributed by atoms with Crippen LogP contribution < -0.4 is 4.90 Å². The van der Waals surface area contributed by atoms with Crippen LogP contribution in [0, 0.1) is 15.5 Å². The Balaban J connectivity index is 2.18. The molecule has 0 amide bonds. The molecule has 6 nitrogen and oxygen atoms in total. The Labute approximate surface area is 122 Å². The summed E-state index contributed by atoms with van der Waals surface area (Å²) in [6.07, 6.45) is 1.82. The highest BCUT2D eigenvalue weighted by Gasteiger charge is 2.33. The molecule has 2 rings (SSSR count). The van der Waals surface area contributed by atoms with Crippen LogP contribution in [0.25, 0.3) is 0 Å². The first kappa shape index (κ1) is 15.0. The van der Waals surface area contributed by atoms with Crippen molar-refractivity contribution in [2.75, 3.05) is 31.7 Å². The van der Waals surface area contributed by atoms with E-state index >= 15 is 0 Å². The fourth-order valence-electron chi connectivity index (χ4n) is 2.54. The maximum atomic E-state index is 11.1. The molecule has 1 aliphatic heterocycles. The number of nitro groups is 1. The minimum absolute atomic E-state index is 0.00439. The molecule has 0 unspecified atom stereocenters. The van der Waals surface area contributed by atoms with E-state index in [1.54, 1.807) is 7.11 Å². The van der Waals surface area contributed by atoms with E-state index in [1.807, 2.05) is 4.90 Å². The predicted octanol–water partition coefficient (Wildman–Crippen LogP) is 2.90. The number of hydrogen-bond donors (Lipinski definition) is 0. The van der Waals surface area contributed by atoms with Gasteiger partial charge < -0.3 is 9.64 Å². The normalized spacial score (nSPS) is 18.1. The van der Waals surface area contributed by atoms with Crippen LogP contribution in [0.5, 0.6) is 0 Å². The van der Waals surface area contributed by atoms with Crippen LogP contribution in [0.1, 0.15) is 19.8 Å². The zero-order valence-corrected chi connectivity index (χ0v) is 12.4. The second-order valence-electron chi connectivity index (χ2n) is 5.46. The summed E-state index contributed by atoms with van der Waals surface area (Å²) >= 11 is 5.87. The summed E-state index contributed by atoms with van der Waals surface area (Å²) in [6.45, 7) is 4.31. The Hall–Kier alpha value is -1.40. The number of anilines is 1. The lowest BCUT2D eigenvalue weighted by Gasteiger charge is -2.39. The third kappa shape index (κ3) is 3.19. The van der Waals surface area contributed by atoms with E-state index < -0.39 is 4.92 Å². The molecule has 1 saturated heterocycles. The zero-order valence-electron chi connectivity index (χ0n) is 11.6. The molecule has 7 heteroatoms. The number of pyridine rings is 1. The summed E-state index contributed by atoms with van der Waals surface area (Å²) in [5.74, 6) is 0.363. The summed E-state index contributed by atoms with van der Waals surface area (Å²) in [4.78, 5) is 16.7. The van der Waals surface area contributed by atoms with E-state index in [4.69, 9.17) is 16.3 Å². The third-order valence-electron chi connectivity index (χ3n) is 3.78. The number of halogens is 1. The first-order valence-electron chi connectivity index (χ1n) is 6.50. The molecule has 1 aromatic rings. The number of nitrogens with zero attached hydrogens (tertiary/aromatic N) is 3. The van der Waals surface area contributed by atoms with Gasteiger partial charge in [-0.25, -0.2) is 4.98 Å². The molecule has 0 aromatic carbocycles. The van der Waals surface area contributed by atoms with Crippen molar-refractivity contribution in [2.45, 2.75) is 19.8 Å². The predicted molar refractivity (Wildman–Crippen MR) is 77.3 cm³/mol. The second kappa shape index (κ2) is 5.93. The SMILES string of the molecule is COCC1(C)CCN(c2nc(Cl)ccc2[N+](=O)[O-])CC1. The number of methoxy groups -OCH3 is 1. The van der Waals surface area contributed by atoms with Crippen molar-refractivity contribution in [3.8, 4) is 0 Å². The van der Waals surface area contributed by atoms with Gasteiger partial charge in [0.15, 0.2) is 0 Å². The molecule has 1 aromatic heterocycles. The van der Waals surface area contributed by atoms with E-state index in [9.17, 15) is 10.1 Å². The van der Waals surface area contributed by atoms with Crippen LogP contribution in [-0.4, -0.2) is 36.7 Å². The molecule has 0 N–H and O–H groups in total. The number of rotatable bonds is 4. The second-order valence-corrected chi connectivity index (χ2v) is 5.85. The van der Waals surface area contributed by atoms with Crippen LogP contribution in [0.2, 0.25) is 5.15 Å². The van der Waals surface area contributed by atoms with Gasteiger partial charge in [-0.2, -0.15) is 0 Å². The summed E-state index contributed by atoms with van der Waals surface area (Å²) in [5, 5.41) is 11.4. The molecule has 0 radical (unpaired) electrons. The molecule has 20 heavy (non-hydrogen) atoms. The third-order valence-corrected chi connectivity index (χ3v) is 3.99. The molecule has 0 aliphatic carbocycles. The van der Waals surface area contributed by atoms with Gasteiger partial charge in [0.25, 0.3) is 0 Å². The minimum atomic E-state index is -0.415.